The lowest BCUT2D eigenvalue weighted by atomic mass is 10.0. The molecule has 0 saturated heterocycles. The van der Waals surface area contributed by atoms with Gasteiger partial charge < -0.3 is 5.32 Å². The van der Waals surface area contributed by atoms with Crippen molar-refractivity contribution in [2.75, 3.05) is 7.05 Å². The summed E-state index contributed by atoms with van der Waals surface area (Å²) in [4.78, 5) is 4.41. The number of likely N-dealkylation sites (N-methyl/N-ethyl adjacent to an activating group) is 1. The SMILES string of the molecule is CCCCCCCCCCC(Cc1ccccn1)NC. The summed E-state index contributed by atoms with van der Waals surface area (Å²) in [5, 5.41) is 3.43. The number of hydrogen-bond acceptors (Lipinski definition) is 2. The molecular formula is C18H32N2. The van der Waals surface area contributed by atoms with Crippen LogP contribution in [-0.2, 0) is 6.42 Å². The van der Waals surface area contributed by atoms with Crippen LogP contribution in [0.15, 0.2) is 24.4 Å². The van der Waals surface area contributed by atoms with Crippen molar-refractivity contribution in [3.05, 3.63) is 30.1 Å². The molecule has 0 aliphatic rings. The molecule has 114 valence electrons. The summed E-state index contributed by atoms with van der Waals surface area (Å²) in [5.41, 5.74) is 1.20. The van der Waals surface area contributed by atoms with Gasteiger partial charge in [0.25, 0.3) is 0 Å². The highest BCUT2D eigenvalue weighted by Crippen LogP contribution is 2.12. The summed E-state index contributed by atoms with van der Waals surface area (Å²) < 4.78 is 0. The maximum absolute atomic E-state index is 4.41. The number of rotatable bonds is 12. The topological polar surface area (TPSA) is 24.9 Å². The van der Waals surface area contributed by atoms with Crippen molar-refractivity contribution in [2.24, 2.45) is 0 Å². The van der Waals surface area contributed by atoms with Crippen molar-refractivity contribution in [1.82, 2.24) is 10.3 Å². The Labute approximate surface area is 125 Å². The molecule has 0 saturated carbocycles. The molecule has 1 atom stereocenters. The maximum atomic E-state index is 4.41. The monoisotopic (exact) mass is 276 g/mol. The molecule has 2 heteroatoms. The fraction of sp³-hybridized carbons (Fsp3) is 0.722. The number of aromatic nitrogens is 1. The van der Waals surface area contributed by atoms with Crippen LogP contribution in [0.4, 0.5) is 0 Å². The molecule has 2 nitrogen and oxygen atoms in total. The van der Waals surface area contributed by atoms with Gasteiger partial charge in [-0.2, -0.15) is 0 Å². The van der Waals surface area contributed by atoms with Crippen LogP contribution in [0.3, 0.4) is 0 Å². The molecule has 1 N–H and O–H groups in total. The molecule has 0 radical (unpaired) electrons. The summed E-state index contributed by atoms with van der Waals surface area (Å²) in [6, 6.07) is 6.75. The van der Waals surface area contributed by atoms with Crippen LogP contribution in [0.25, 0.3) is 0 Å². The number of nitrogens with one attached hydrogen (secondary N) is 1. The van der Waals surface area contributed by atoms with Gasteiger partial charge in [-0.15, -0.1) is 0 Å². The molecule has 0 fully saturated rings. The van der Waals surface area contributed by atoms with Crippen LogP contribution in [0.5, 0.6) is 0 Å². The number of nitrogens with zero attached hydrogens (tertiary/aromatic N) is 1. The Morgan fingerprint density at radius 2 is 1.70 bits per heavy atom. The average Bonchev–Trinajstić information content (AvgIpc) is 2.49. The molecule has 0 aliphatic carbocycles. The van der Waals surface area contributed by atoms with E-state index in [-0.39, 0.29) is 0 Å². The van der Waals surface area contributed by atoms with E-state index in [1.807, 2.05) is 12.3 Å². The van der Waals surface area contributed by atoms with Crippen LogP contribution in [0, 0.1) is 0 Å². The summed E-state index contributed by atoms with van der Waals surface area (Å²) >= 11 is 0. The highest BCUT2D eigenvalue weighted by atomic mass is 14.9. The van der Waals surface area contributed by atoms with Crippen molar-refractivity contribution in [2.45, 2.75) is 77.2 Å². The first-order chi connectivity index (χ1) is 9.86. The van der Waals surface area contributed by atoms with Gasteiger partial charge in [-0.25, -0.2) is 0 Å². The molecule has 0 bridgehead atoms. The van der Waals surface area contributed by atoms with E-state index in [1.54, 1.807) is 0 Å². The minimum atomic E-state index is 0.574. The summed E-state index contributed by atoms with van der Waals surface area (Å²) in [5.74, 6) is 0. The lowest BCUT2D eigenvalue weighted by molar-refractivity contribution is 0.474. The molecule has 20 heavy (non-hydrogen) atoms. The zero-order valence-corrected chi connectivity index (χ0v) is 13.4. The molecule has 0 aliphatic heterocycles. The minimum absolute atomic E-state index is 0.574. The molecule has 1 heterocycles. The molecule has 0 amide bonds. The molecule has 1 aromatic rings. The van der Waals surface area contributed by atoms with Crippen molar-refractivity contribution >= 4 is 0 Å². The first kappa shape index (κ1) is 17.2. The molecule has 0 spiro atoms. The Bertz CT molecular complexity index is 310. The van der Waals surface area contributed by atoms with Gasteiger partial charge in [-0.3, -0.25) is 4.98 Å². The van der Waals surface area contributed by atoms with Crippen LogP contribution in [0.1, 0.15) is 70.4 Å². The fourth-order valence-corrected chi connectivity index (χ4v) is 2.64. The van der Waals surface area contributed by atoms with E-state index < -0.39 is 0 Å². The third-order valence-corrected chi connectivity index (χ3v) is 4.00. The van der Waals surface area contributed by atoms with Gasteiger partial charge in [0.2, 0.25) is 0 Å². The predicted molar refractivity (Wildman–Crippen MR) is 88.0 cm³/mol. The second-order valence-electron chi connectivity index (χ2n) is 5.77. The van der Waals surface area contributed by atoms with Gasteiger partial charge in [0.05, 0.1) is 0 Å². The van der Waals surface area contributed by atoms with E-state index in [1.165, 1.54) is 63.5 Å². The van der Waals surface area contributed by atoms with Gasteiger partial charge in [0, 0.05) is 24.4 Å². The number of hydrogen-bond donors (Lipinski definition) is 1. The molecule has 0 aromatic carbocycles. The summed E-state index contributed by atoms with van der Waals surface area (Å²) in [7, 11) is 2.07. The molecular weight excluding hydrogens is 244 g/mol. The van der Waals surface area contributed by atoms with E-state index in [2.05, 4.69) is 36.4 Å². The normalized spacial score (nSPS) is 12.5. The first-order valence-corrected chi connectivity index (χ1v) is 8.44. The van der Waals surface area contributed by atoms with E-state index in [0.717, 1.165) is 6.42 Å². The quantitative estimate of drug-likeness (QED) is 0.558. The summed E-state index contributed by atoms with van der Waals surface area (Å²) in [6.07, 6.45) is 15.4. The Morgan fingerprint density at radius 1 is 1.00 bits per heavy atom. The van der Waals surface area contributed by atoms with Crippen molar-refractivity contribution in [3.63, 3.8) is 0 Å². The molecule has 1 aromatic heterocycles. The van der Waals surface area contributed by atoms with Crippen LogP contribution < -0.4 is 5.32 Å². The van der Waals surface area contributed by atoms with Crippen molar-refractivity contribution in [3.8, 4) is 0 Å². The maximum Gasteiger partial charge on any atom is 0.0419 e. The largest absolute Gasteiger partial charge is 0.317 e. The Kier molecular flexibility index (Phi) is 10.2. The van der Waals surface area contributed by atoms with E-state index in [4.69, 9.17) is 0 Å². The van der Waals surface area contributed by atoms with Crippen LogP contribution >= 0.6 is 0 Å². The minimum Gasteiger partial charge on any atom is -0.317 e. The van der Waals surface area contributed by atoms with Gasteiger partial charge >= 0.3 is 0 Å². The number of unbranched alkanes of at least 4 members (excludes halogenated alkanes) is 7. The van der Waals surface area contributed by atoms with Gasteiger partial charge in [-0.1, -0.05) is 64.4 Å². The first-order valence-electron chi connectivity index (χ1n) is 8.44. The van der Waals surface area contributed by atoms with E-state index in [9.17, 15) is 0 Å². The zero-order valence-electron chi connectivity index (χ0n) is 13.4. The third kappa shape index (κ3) is 8.31. The zero-order chi connectivity index (χ0) is 14.5. The Hall–Kier alpha value is -0.890. The van der Waals surface area contributed by atoms with E-state index in [0.29, 0.717) is 6.04 Å². The highest BCUT2D eigenvalue weighted by Gasteiger charge is 2.07. The second kappa shape index (κ2) is 11.9. The predicted octanol–water partition coefficient (Wildman–Crippen LogP) is 4.74. The van der Waals surface area contributed by atoms with Crippen LogP contribution in [-0.4, -0.2) is 18.1 Å². The summed E-state index contributed by atoms with van der Waals surface area (Å²) in [6.45, 7) is 2.28. The Balaban J connectivity index is 2.04. The van der Waals surface area contributed by atoms with Crippen molar-refractivity contribution < 1.29 is 0 Å². The van der Waals surface area contributed by atoms with Gasteiger partial charge in [0.15, 0.2) is 0 Å². The second-order valence-corrected chi connectivity index (χ2v) is 5.77. The van der Waals surface area contributed by atoms with Crippen LogP contribution in [0.2, 0.25) is 0 Å². The Morgan fingerprint density at radius 3 is 2.30 bits per heavy atom. The van der Waals surface area contributed by atoms with E-state index >= 15 is 0 Å². The average molecular weight is 276 g/mol. The number of pyridine rings is 1. The molecule has 1 unspecified atom stereocenters. The highest BCUT2D eigenvalue weighted by molar-refractivity contribution is 5.05. The van der Waals surface area contributed by atoms with Gasteiger partial charge in [-0.05, 0) is 25.6 Å². The standard InChI is InChI=1S/C18H32N2/c1-3-4-5-6-7-8-9-10-13-17(19-2)16-18-14-11-12-15-20-18/h11-12,14-15,17,19H,3-10,13,16H2,1-2H3. The lowest BCUT2D eigenvalue weighted by Crippen LogP contribution is -2.27. The lowest BCUT2D eigenvalue weighted by Gasteiger charge is -2.15. The molecule has 1 rings (SSSR count). The fourth-order valence-electron chi connectivity index (χ4n) is 2.64. The smallest absolute Gasteiger partial charge is 0.0419 e. The van der Waals surface area contributed by atoms with Crippen molar-refractivity contribution in [1.29, 1.82) is 0 Å². The van der Waals surface area contributed by atoms with Gasteiger partial charge in [0.1, 0.15) is 0 Å². The third-order valence-electron chi connectivity index (χ3n) is 4.00.